The number of quaternary nitrogens is 1. The Morgan fingerprint density at radius 2 is 1.83 bits per heavy atom. The van der Waals surface area contributed by atoms with E-state index in [9.17, 15) is 4.79 Å². The van der Waals surface area contributed by atoms with Gasteiger partial charge in [-0.2, -0.15) is 0 Å². The van der Waals surface area contributed by atoms with Crippen molar-refractivity contribution in [2.75, 3.05) is 34.8 Å². The van der Waals surface area contributed by atoms with E-state index in [2.05, 4.69) is 37.1 Å². The maximum absolute atomic E-state index is 11.9. The van der Waals surface area contributed by atoms with Gasteiger partial charge in [-0.3, -0.25) is 4.79 Å². The number of hydrogen-bond acceptors (Lipinski definition) is 2. The fourth-order valence-electron chi connectivity index (χ4n) is 1.90. The Morgan fingerprint density at radius 1 is 1.28 bits per heavy atom. The lowest BCUT2D eigenvalue weighted by Crippen LogP contribution is -2.43. The molecule has 2 unspecified atom stereocenters. The van der Waals surface area contributed by atoms with E-state index in [0.717, 1.165) is 12.1 Å². The van der Waals surface area contributed by atoms with Gasteiger partial charge >= 0.3 is 5.97 Å². The van der Waals surface area contributed by atoms with Crippen LogP contribution in [0.2, 0.25) is 0 Å². The van der Waals surface area contributed by atoms with Crippen molar-refractivity contribution in [1.29, 1.82) is 0 Å². The monoisotopic (exact) mass is 314 g/mol. The van der Waals surface area contributed by atoms with Crippen molar-refractivity contribution in [3.05, 3.63) is 35.9 Å². The molecule has 0 spiro atoms. The molecule has 0 saturated heterocycles. The zero-order chi connectivity index (χ0) is 13.8. The van der Waals surface area contributed by atoms with E-state index in [4.69, 9.17) is 4.74 Å². The smallest absolute Gasteiger partial charge is 0.315 e. The number of carbonyl (C=O) groups is 1. The summed E-state index contributed by atoms with van der Waals surface area (Å²) < 4.78 is 5.64. The minimum Gasteiger partial charge on any atom is -0.469 e. The van der Waals surface area contributed by atoms with Crippen LogP contribution in [0.15, 0.2) is 30.3 Å². The zero-order valence-corrected chi connectivity index (χ0v) is 13.0. The van der Waals surface area contributed by atoms with Crippen molar-refractivity contribution < 1.29 is 14.0 Å². The Hall–Kier alpha value is -0.870. The quantitative estimate of drug-likeness (QED) is 0.474. The van der Waals surface area contributed by atoms with Gasteiger partial charge in [-0.25, -0.2) is 0 Å². The van der Waals surface area contributed by atoms with Crippen LogP contribution in [0.5, 0.6) is 0 Å². The average molecular weight is 315 g/mol. The largest absolute Gasteiger partial charge is 0.469 e. The first-order valence-corrected chi connectivity index (χ1v) is 6.84. The van der Waals surface area contributed by atoms with Crippen LogP contribution >= 0.6 is 15.9 Å². The topological polar surface area (TPSA) is 26.3 Å². The van der Waals surface area contributed by atoms with Gasteiger partial charge in [-0.15, -0.1) is 0 Å². The molecule has 0 aliphatic carbocycles. The highest BCUT2D eigenvalue weighted by molar-refractivity contribution is 9.09. The fraction of sp³-hybridized carbons (Fsp3) is 0.500. The van der Waals surface area contributed by atoms with Gasteiger partial charge in [0.1, 0.15) is 5.92 Å². The summed E-state index contributed by atoms with van der Waals surface area (Å²) in [6.45, 7) is 0.720. The van der Waals surface area contributed by atoms with Crippen molar-refractivity contribution in [3.8, 4) is 0 Å². The van der Waals surface area contributed by atoms with Crippen LogP contribution in [0, 0.1) is 5.92 Å². The van der Waals surface area contributed by atoms with E-state index in [-0.39, 0.29) is 16.7 Å². The highest BCUT2D eigenvalue weighted by atomic mass is 79.9. The van der Waals surface area contributed by atoms with Gasteiger partial charge in [0.25, 0.3) is 0 Å². The summed E-state index contributed by atoms with van der Waals surface area (Å²) in [6, 6.07) is 9.96. The molecule has 100 valence electrons. The number of nitrogens with zero attached hydrogens (tertiary/aromatic N) is 1. The summed E-state index contributed by atoms with van der Waals surface area (Å²) in [6.07, 6.45) is 0. The maximum Gasteiger partial charge on any atom is 0.315 e. The highest BCUT2D eigenvalue weighted by Gasteiger charge is 2.33. The van der Waals surface area contributed by atoms with E-state index in [1.807, 2.05) is 30.3 Å². The van der Waals surface area contributed by atoms with Crippen molar-refractivity contribution >= 4 is 21.9 Å². The third-order valence-corrected chi connectivity index (χ3v) is 3.89. The summed E-state index contributed by atoms with van der Waals surface area (Å²) in [4.78, 5) is 11.9. The molecule has 0 heterocycles. The minimum absolute atomic E-state index is 0.0245. The average Bonchev–Trinajstić information content (AvgIpc) is 2.34. The van der Waals surface area contributed by atoms with Crippen molar-refractivity contribution in [3.63, 3.8) is 0 Å². The summed E-state index contributed by atoms with van der Waals surface area (Å²) in [5.41, 5.74) is 1.10. The lowest BCUT2D eigenvalue weighted by Gasteiger charge is -2.30. The molecular weight excluding hydrogens is 294 g/mol. The Balaban J connectivity index is 2.93. The summed E-state index contributed by atoms with van der Waals surface area (Å²) in [7, 11) is 7.65. The molecule has 1 rings (SSSR count). The first kappa shape index (κ1) is 15.2. The third-order valence-electron chi connectivity index (χ3n) is 2.72. The number of ether oxygens (including phenoxy) is 1. The molecule has 3 nitrogen and oxygen atoms in total. The van der Waals surface area contributed by atoms with Crippen LogP contribution in [-0.4, -0.2) is 45.2 Å². The molecule has 1 aromatic rings. The van der Waals surface area contributed by atoms with Crippen LogP contribution in [-0.2, 0) is 9.53 Å². The van der Waals surface area contributed by atoms with Crippen LogP contribution in [0.3, 0.4) is 0 Å². The standard InChI is InChI=1S/C14H21BrNO2/c1-16(2,3)10-12(14(17)18-4)13(15)11-8-6-5-7-9-11/h5-9,12-13H,10H2,1-4H3/q+1. The van der Waals surface area contributed by atoms with E-state index >= 15 is 0 Å². The minimum atomic E-state index is -0.197. The normalized spacial score (nSPS) is 14.9. The van der Waals surface area contributed by atoms with Crippen molar-refractivity contribution in [2.24, 2.45) is 5.92 Å². The molecule has 0 radical (unpaired) electrons. The number of benzene rings is 1. The lowest BCUT2D eigenvalue weighted by molar-refractivity contribution is -0.872. The summed E-state index contributed by atoms with van der Waals surface area (Å²) >= 11 is 3.64. The van der Waals surface area contributed by atoms with Crippen molar-refractivity contribution in [1.82, 2.24) is 0 Å². The van der Waals surface area contributed by atoms with Crippen LogP contribution in [0.25, 0.3) is 0 Å². The number of hydrogen-bond donors (Lipinski definition) is 0. The fourth-order valence-corrected chi connectivity index (χ4v) is 2.59. The molecule has 0 N–H and O–H groups in total. The molecule has 18 heavy (non-hydrogen) atoms. The summed E-state index contributed by atoms with van der Waals surface area (Å²) in [5.74, 6) is -0.369. The SMILES string of the molecule is COC(=O)C(C[N+](C)(C)C)C(Br)c1ccccc1. The Kier molecular flexibility index (Phi) is 5.35. The van der Waals surface area contributed by atoms with Gasteiger partial charge in [0, 0.05) is 0 Å². The molecule has 1 aromatic carbocycles. The number of methoxy groups -OCH3 is 1. The van der Waals surface area contributed by atoms with Crippen LogP contribution in [0.4, 0.5) is 0 Å². The van der Waals surface area contributed by atoms with Crippen molar-refractivity contribution in [2.45, 2.75) is 4.83 Å². The molecule has 0 saturated carbocycles. The Bertz CT molecular complexity index is 387. The summed E-state index contributed by atoms with van der Waals surface area (Å²) in [5, 5.41) is 0. The molecular formula is C14H21BrNO2+. The highest BCUT2D eigenvalue weighted by Crippen LogP contribution is 2.32. The van der Waals surface area contributed by atoms with Gasteiger partial charge < -0.3 is 9.22 Å². The number of carbonyl (C=O) groups excluding carboxylic acids is 1. The Morgan fingerprint density at radius 3 is 2.28 bits per heavy atom. The van der Waals surface area contributed by atoms with E-state index in [1.165, 1.54) is 7.11 Å². The van der Waals surface area contributed by atoms with Crippen LogP contribution < -0.4 is 0 Å². The molecule has 0 aliphatic rings. The number of rotatable bonds is 5. The second-order valence-corrected chi connectivity index (χ2v) is 6.40. The number of alkyl halides is 1. The number of esters is 1. The molecule has 0 bridgehead atoms. The van der Waals surface area contributed by atoms with E-state index in [1.54, 1.807) is 0 Å². The first-order valence-electron chi connectivity index (χ1n) is 5.92. The second kappa shape index (κ2) is 6.34. The molecule has 0 aliphatic heterocycles. The van der Waals surface area contributed by atoms with Gasteiger partial charge in [-0.1, -0.05) is 46.3 Å². The zero-order valence-electron chi connectivity index (χ0n) is 11.4. The van der Waals surface area contributed by atoms with Crippen LogP contribution in [0.1, 0.15) is 10.4 Å². The molecule has 0 fully saturated rings. The predicted molar refractivity (Wildman–Crippen MR) is 76.5 cm³/mol. The second-order valence-electron chi connectivity index (χ2n) is 5.41. The lowest BCUT2D eigenvalue weighted by atomic mass is 9.98. The first-order chi connectivity index (χ1) is 8.35. The number of halogens is 1. The molecule has 0 amide bonds. The predicted octanol–water partition coefficient (Wildman–Crippen LogP) is 2.62. The molecule has 4 heteroatoms. The van der Waals surface area contributed by atoms with Gasteiger partial charge in [-0.05, 0) is 5.56 Å². The third kappa shape index (κ3) is 4.42. The van der Waals surface area contributed by atoms with Gasteiger partial charge in [0.2, 0.25) is 0 Å². The molecule has 0 aromatic heterocycles. The van der Waals surface area contributed by atoms with E-state index < -0.39 is 0 Å². The Labute approximate surface area is 117 Å². The van der Waals surface area contributed by atoms with Gasteiger partial charge in [0.05, 0.1) is 39.6 Å². The van der Waals surface area contributed by atoms with E-state index in [0.29, 0.717) is 4.48 Å². The van der Waals surface area contributed by atoms with Gasteiger partial charge in [0.15, 0.2) is 0 Å². The molecule has 2 atom stereocenters. The maximum atomic E-state index is 11.9.